The van der Waals surface area contributed by atoms with E-state index in [2.05, 4.69) is 25.8 Å². The molecule has 4 rings (SSSR count). The third-order valence-corrected chi connectivity index (χ3v) is 6.50. The number of anilines is 1. The van der Waals surface area contributed by atoms with Crippen LogP contribution in [-0.4, -0.2) is 65.9 Å². The van der Waals surface area contributed by atoms with Gasteiger partial charge in [-0.1, -0.05) is 11.6 Å². The van der Waals surface area contributed by atoms with Crippen molar-refractivity contribution in [2.75, 3.05) is 44.2 Å². The first-order valence-corrected chi connectivity index (χ1v) is 11.4. The topological polar surface area (TPSA) is 56.8 Å². The van der Waals surface area contributed by atoms with Crippen LogP contribution in [0.5, 0.6) is 0 Å². The molecule has 1 unspecified atom stereocenters. The fourth-order valence-corrected chi connectivity index (χ4v) is 4.47. The number of hydrogen-bond donors (Lipinski definition) is 0. The van der Waals surface area contributed by atoms with Gasteiger partial charge in [-0.25, -0.2) is 4.98 Å². The van der Waals surface area contributed by atoms with Crippen molar-refractivity contribution in [1.82, 2.24) is 14.8 Å². The summed E-state index contributed by atoms with van der Waals surface area (Å²) < 4.78 is 0.954. The van der Waals surface area contributed by atoms with Crippen LogP contribution in [0.15, 0.2) is 47.1 Å². The van der Waals surface area contributed by atoms with E-state index in [0.717, 1.165) is 36.2 Å². The third-order valence-electron chi connectivity index (χ3n) is 5.78. The normalized spacial score (nSPS) is 19.7. The van der Waals surface area contributed by atoms with Crippen LogP contribution in [0.25, 0.3) is 0 Å². The van der Waals surface area contributed by atoms with Crippen LogP contribution in [0.3, 0.4) is 0 Å². The maximum Gasteiger partial charge on any atom is 0.253 e. The molecule has 6 nitrogen and oxygen atoms in total. The van der Waals surface area contributed by atoms with Crippen molar-refractivity contribution < 1.29 is 9.59 Å². The van der Waals surface area contributed by atoms with Gasteiger partial charge in [0.05, 0.1) is 5.92 Å². The third kappa shape index (κ3) is 4.78. The Morgan fingerprint density at radius 3 is 2.37 bits per heavy atom. The molecule has 0 N–H and O–H groups in total. The lowest BCUT2D eigenvalue weighted by atomic mass is 9.95. The first kappa shape index (κ1) is 21.1. The molecule has 0 bridgehead atoms. The number of halogens is 2. The van der Waals surface area contributed by atoms with Gasteiger partial charge < -0.3 is 14.7 Å². The molecule has 2 amide bonds. The average molecular weight is 492 g/mol. The van der Waals surface area contributed by atoms with E-state index >= 15 is 0 Å². The van der Waals surface area contributed by atoms with Crippen LogP contribution in [0.4, 0.5) is 5.82 Å². The van der Waals surface area contributed by atoms with E-state index in [9.17, 15) is 9.59 Å². The second-order valence-electron chi connectivity index (χ2n) is 7.74. The molecule has 1 atom stereocenters. The molecule has 2 saturated heterocycles. The molecule has 2 aliphatic rings. The van der Waals surface area contributed by atoms with E-state index in [-0.39, 0.29) is 17.7 Å². The summed E-state index contributed by atoms with van der Waals surface area (Å²) in [6, 6.07) is 10.9. The molecule has 1 aromatic heterocycles. The van der Waals surface area contributed by atoms with Crippen molar-refractivity contribution in [3.8, 4) is 0 Å². The predicted molar refractivity (Wildman–Crippen MR) is 121 cm³/mol. The number of benzene rings is 1. The number of piperazine rings is 1. The summed E-state index contributed by atoms with van der Waals surface area (Å²) in [5, 5.41) is 0.607. The summed E-state index contributed by atoms with van der Waals surface area (Å²) >= 11 is 9.33. The van der Waals surface area contributed by atoms with E-state index in [1.165, 1.54) is 0 Å². The van der Waals surface area contributed by atoms with Gasteiger partial charge in [0.1, 0.15) is 5.82 Å². The highest BCUT2D eigenvalue weighted by atomic mass is 79.9. The fraction of sp³-hybridized carbons (Fsp3) is 0.409. The van der Waals surface area contributed by atoms with Crippen LogP contribution in [-0.2, 0) is 4.79 Å². The van der Waals surface area contributed by atoms with E-state index in [1.54, 1.807) is 35.4 Å². The Hall–Kier alpha value is -2.12. The molecular formula is C22H24BrClN4O2. The fourth-order valence-electron chi connectivity index (χ4n) is 4.11. The Balaban J connectivity index is 1.34. The standard InChI is InChI=1S/C22H24BrClN4O2/c23-18-5-8-20(25-14-18)26-10-12-27(13-11-26)22(30)17-2-1-9-28(15-17)21(29)16-3-6-19(24)7-4-16/h3-8,14,17H,1-2,9-13,15H2. The van der Waals surface area contributed by atoms with Gasteiger partial charge in [-0.05, 0) is 65.2 Å². The minimum atomic E-state index is -0.132. The Bertz CT molecular complexity index is 898. The molecule has 158 valence electrons. The van der Waals surface area contributed by atoms with Crippen molar-refractivity contribution in [2.45, 2.75) is 12.8 Å². The summed E-state index contributed by atoms with van der Waals surface area (Å²) in [4.78, 5) is 36.3. The zero-order valence-electron chi connectivity index (χ0n) is 16.6. The molecule has 8 heteroatoms. The predicted octanol–water partition coefficient (Wildman–Crippen LogP) is 3.70. The Morgan fingerprint density at radius 2 is 1.70 bits per heavy atom. The van der Waals surface area contributed by atoms with Gasteiger partial charge in [0.25, 0.3) is 5.91 Å². The summed E-state index contributed by atoms with van der Waals surface area (Å²) in [6.07, 6.45) is 3.47. The Labute approximate surface area is 189 Å². The van der Waals surface area contributed by atoms with Gasteiger partial charge in [-0.3, -0.25) is 9.59 Å². The SMILES string of the molecule is O=C(c1ccc(Cl)cc1)N1CCCC(C(=O)N2CCN(c3ccc(Br)cn3)CC2)C1. The number of amides is 2. The quantitative estimate of drug-likeness (QED) is 0.657. The zero-order valence-corrected chi connectivity index (χ0v) is 19.0. The molecular weight excluding hydrogens is 468 g/mol. The number of carbonyl (C=O) groups excluding carboxylic acids is 2. The summed E-state index contributed by atoms with van der Waals surface area (Å²) in [5.74, 6) is 0.928. The molecule has 0 radical (unpaired) electrons. The van der Waals surface area contributed by atoms with E-state index in [4.69, 9.17) is 11.6 Å². The first-order chi connectivity index (χ1) is 14.5. The highest BCUT2D eigenvalue weighted by Gasteiger charge is 2.33. The lowest BCUT2D eigenvalue weighted by molar-refractivity contribution is -0.137. The molecule has 3 heterocycles. The summed E-state index contributed by atoms with van der Waals surface area (Å²) in [6.45, 7) is 4.06. The molecule has 0 spiro atoms. The maximum absolute atomic E-state index is 13.1. The average Bonchev–Trinajstić information content (AvgIpc) is 2.79. The van der Waals surface area contributed by atoms with E-state index in [1.807, 2.05) is 17.0 Å². The number of nitrogens with zero attached hydrogens (tertiary/aromatic N) is 4. The number of piperidine rings is 1. The van der Waals surface area contributed by atoms with Crippen LogP contribution < -0.4 is 4.90 Å². The van der Waals surface area contributed by atoms with Gasteiger partial charge in [0.2, 0.25) is 5.91 Å². The number of pyridine rings is 1. The zero-order chi connectivity index (χ0) is 21.1. The molecule has 2 fully saturated rings. The van der Waals surface area contributed by atoms with E-state index in [0.29, 0.717) is 36.8 Å². The minimum absolute atomic E-state index is 0.0321. The molecule has 0 aliphatic carbocycles. The lowest BCUT2D eigenvalue weighted by Crippen LogP contribution is -2.53. The molecule has 1 aromatic carbocycles. The van der Waals surface area contributed by atoms with Crippen LogP contribution in [0.2, 0.25) is 5.02 Å². The molecule has 2 aromatic rings. The highest BCUT2D eigenvalue weighted by Crippen LogP contribution is 2.23. The van der Waals surface area contributed by atoms with Crippen LogP contribution in [0, 0.1) is 5.92 Å². The molecule has 30 heavy (non-hydrogen) atoms. The van der Waals surface area contributed by atoms with Gasteiger partial charge in [0, 0.05) is 60.5 Å². The second-order valence-corrected chi connectivity index (χ2v) is 9.10. The van der Waals surface area contributed by atoms with Crippen molar-refractivity contribution >= 4 is 45.2 Å². The number of aromatic nitrogens is 1. The minimum Gasteiger partial charge on any atom is -0.353 e. The summed E-state index contributed by atoms with van der Waals surface area (Å²) in [5.41, 5.74) is 0.614. The van der Waals surface area contributed by atoms with Gasteiger partial charge >= 0.3 is 0 Å². The molecule has 0 saturated carbocycles. The molecule has 2 aliphatic heterocycles. The Morgan fingerprint density at radius 1 is 0.967 bits per heavy atom. The Kier molecular flexibility index (Phi) is 6.58. The lowest BCUT2D eigenvalue weighted by Gasteiger charge is -2.39. The van der Waals surface area contributed by atoms with Crippen LogP contribution >= 0.6 is 27.5 Å². The number of hydrogen-bond acceptors (Lipinski definition) is 4. The van der Waals surface area contributed by atoms with Crippen molar-refractivity contribution in [2.24, 2.45) is 5.92 Å². The summed E-state index contributed by atoms with van der Waals surface area (Å²) in [7, 11) is 0. The van der Waals surface area contributed by atoms with Crippen molar-refractivity contribution in [1.29, 1.82) is 0 Å². The number of likely N-dealkylation sites (tertiary alicyclic amines) is 1. The monoisotopic (exact) mass is 490 g/mol. The largest absolute Gasteiger partial charge is 0.353 e. The van der Waals surface area contributed by atoms with Gasteiger partial charge in [-0.15, -0.1) is 0 Å². The van der Waals surface area contributed by atoms with Gasteiger partial charge in [0.15, 0.2) is 0 Å². The van der Waals surface area contributed by atoms with E-state index < -0.39 is 0 Å². The maximum atomic E-state index is 13.1. The van der Waals surface area contributed by atoms with Crippen LogP contribution in [0.1, 0.15) is 23.2 Å². The smallest absolute Gasteiger partial charge is 0.253 e. The van der Waals surface area contributed by atoms with Crippen molar-refractivity contribution in [3.05, 3.63) is 57.7 Å². The first-order valence-electron chi connectivity index (χ1n) is 10.2. The van der Waals surface area contributed by atoms with Crippen molar-refractivity contribution in [3.63, 3.8) is 0 Å². The number of carbonyl (C=O) groups is 2. The second kappa shape index (κ2) is 9.35. The number of rotatable bonds is 3. The highest BCUT2D eigenvalue weighted by molar-refractivity contribution is 9.10. The van der Waals surface area contributed by atoms with Gasteiger partial charge in [-0.2, -0.15) is 0 Å².